The van der Waals surface area contributed by atoms with Crippen molar-refractivity contribution in [2.75, 3.05) is 0 Å². The van der Waals surface area contributed by atoms with Gasteiger partial charge in [-0.05, 0) is 24.3 Å². The van der Waals surface area contributed by atoms with E-state index in [9.17, 15) is 18.0 Å². The van der Waals surface area contributed by atoms with Gasteiger partial charge in [0.25, 0.3) is 0 Å². The van der Waals surface area contributed by atoms with E-state index in [-0.39, 0.29) is 11.3 Å². The van der Waals surface area contributed by atoms with Gasteiger partial charge in [-0.1, -0.05) is 5.92 Å². The average molecular weight is 268 g/mol. The number of halogens is 3. The highest BCUT2D eigenvalue weighted by Crippen LogP contribution is 2.37. The molecule has 19 heavy (non-hydrogen) atoms. The summed E-state index contributed by atoms with van der Waals surface area (Å²) in [5, 5.41) is 8.84. The third-order valence-corrected chi connectivity index (χ3v) is 2.56. The van der Waals surface area contributed by atoms with Crippen LogP contribution in [0, 0.1) is 12.3 Å². The number of hydrogen-bond acceptors (Lipinski definition) is 2. The molecule has 1 aliphatic rings. The molecule has 0 saturated carbocycles. The van der Waals surface area contributed by atoms with E-state index >= 15 is 0 Å². The molecular weight excluding hydrogens is 261 g/mol. The Morgan fingerprint density at radius 2 is 2.11 bits per heavy atom. The van der Waals surface area contributed by atoms with Crippen molar-refractivity contribution in [3.63, 3.8) is 0 Å². The number of aliphatic carboxylic acids is 1. The van der Waals surface area contributed by atoms with Gasteiger partial charge in [0.15, 0.2) is 0 Å². The lowest BCUT2D eigenvalue weighted by Crippen LogP contribution is -2.40. The average Bonchev–Trinajstić information content (AvgIpc) is 2.35. The molecule has 1 N–H and O–H groups in total. The van der Waals surface area contributed by atoms with Crippen LogP contribution in [0.5, 0.6) is 5.75 Å². The number of carboxylic acids is 1. The van der Waals surface area contributed by atoms with Crippen molar-refractivity contribution >= 4 is 12.0 Å². The smallest absolute Gasteiger partial charge is 0.430 e. The summed E-state index contributed by atoms with van der Waals surface area (Å²) in [6.45, 7) is 0. The van der Waals surface area contributed by atoms with Gasteiger partial charge >= 0.3 is 12.1 Å². The van der Waals surface area contributed by atoms with Gasteiger partial charge in [-0.25, -0.2) is 4.79 Å². The SMILES string of the molecule is C#Cc1ccc2c(c1)C=C(C(=O)O)[C@@H](C(F)(F)F)O2. The van der Waals surface area contributed by atoms with Crippen LogP contribution in [0.2, 0.25) is 0 Å². The summed E-state index contributed by atoms with van der Waals surface area (Å²) in [5.41, 5.74) is -0.226. The number of carboxylic acid groups (broad SMARTS) is 1. The fourth-order valence-corrected chi connectivity index (χ4v) is 1.71. The van der Waals surface area contributed by atoms with E-state index in [1.165, 1.54) is 18.2 Å². The molecule has 0 aromatic heterocycles. The third kappa shape index (κ3) is 2.40. The maximum atomic E-state index is 12.7. The number of hydrogen-bond donors (Lipinski definition) is 1. The van der Waals surface area contributed by atoms with Crippen molar-refractivity contribution in [2.24, 2.45) is 0 Å². The highest BCUT2D eigenvalue weighted by Gasteiger charge is 2.48. The van der Waals surface area contributed by atoms with Gasteiger partial charge in [0, 0.05) is 11.1 Å². The Bertz CT molecular complexity index is 609. The summed E-state index contributed by atoms with van der Waals surface area (Å²) >= 11 is 0. The lowest BCUT2D eigenvalue weighted by atomic mass is 10.00. The molecule has 2 rings (SSSR count). The number of alkyl halides is 3. The topological polar surface area (TPSA) is 46.5 Å². The summed E-state index contributed by atoms with van der Waals surface area (Å²) in [6, 6.07) is 4.11. The molecular formula is C13H7F3O3. The second-order valence-corrected chi connectivity index (χ2v) is 3.84. The summed E-state index contributed by atoms with van der Waals surface area (Å²) in [6.07, 6.45) is -1.18. The van der Waals surface area contributed by atoms with E-state index in [0.717, 1.165) is 6.08 Å². The first-order chi connectivity index (χ1) is 8.82. The zero-order valence-corrected chi connectivity index (χ0v) is 9.36. The molecule has 98 valence electrons. The zero-order valence-electron chi connectivity index (χ0n) is 9.36. The zero-order chi connectivity index (χ0) is 14.2. The lowest BCUT2D eigenvalue weighted by molar-refractivity contribution is -0.187. The van der Waals surface area contributed by atoms with E-state index in [0.29, 0.717) is 5.56 Å². The standard InChI is InChI=1S/C13H7F3O3/c1-2-7-3-4-10-8(5-7)6-9(12(17)18)11(19-10)13(14,15)16/h1,3-6,11H,(H,17,18)/t11-/m0/s1. The van der Waals surface area contributed by atoms with Gasteiger partial charge in [-0.15, -0.1) is 6.42 Å². The number of rotatable bonds is 1. The fraction of sp³-hybridized carbons (Fsp3) is 0.154. The first-order valence-electron chi connectivity index (χ1n) is 5.12. The molecule has 1 atom stereocenters. The molecule has 0 spiro atoms. The maximum Gasteiger partial charge on any atom is 0.430 e. The summed E-state index contributed by atoms with van der Waals surface area (Å²) in [5.74, 6) is 0.577. The molecule has 6 heteroatoms. The molecule has 0 bridgehead atoms. The molecule has 1 aromatic rings. The van der Waals surface area contributed by atoms with Gasteiger partial charge in [-0.2, -0.15) is 13.2 Å². The third-order valence-electron chi connectivity index (χ3n) is 2.56. The highest BCUT2D eigenvalue weighted by atomic mass is 19.4. The Morgan fingerprint density at radius 3 is 2.63 bits per heavy atom. The fourth-order valence-electron chi connectivity index (χ4n) is 1.71. The second-order valence-electron chi connectivity index (χ2n) is 3.84. The summed E-state index contributed by atoms with van der Waals surface area (Å²) in [4.78, 5) is 10.9. The number of carbonyl (C=O) groups is 1. The van der Waals surface area contributed by atoms with Crippen LogP contribution in [0.3, 0.4) is 0 Å². The van der Waals surface area contributed by atoms with E-state index in [2.05, 4.69) is 5.92 Å². The van der Waals surface area contributed by atoms with Crippen LogP contribution in [0.25, 0.3) is 6.08 Å². The van der Waals surface area contributed by atoms with Crippen LogP contribution in [-0.2, 0) is 4.79 Å². The molecule has 0 fully saturated rings. The van der Waals surface area contributed by atoms with Crippen LogP contribution in [-0.4, -0.2) is 23.4 Å². The number of fused-ring (bicyclic) bond motifs is 1. The Kier molecular flexibility index (Phi) is 2.98. The van der Waals surface area contributed by atoms with E-state index < -0.39 is 23.8 Å². The Labute approximate surface area is 106 Å². The minimum absolute atomic E-state index is 0.0497. The Balaban J connectivity index is 2.55. The minimum atomic E-state index is -4.80. The molecule has 1 heterocycles. The van der Waals surface area contributed by atoms with Crippen LogP contribution in [0.4, 0.5) is 13.2 Å². The van der Waals surface area contributed by atoms with Crippen LogP contribution >= 0.6 is 0 Å². The number of ether oxygens (including phenoxy) is 1. The normalized spacial score (nSPS) is 17.8. The van der Waals surface area contributed by atoms with Crippen molar-refractivity contribution < 1.29 is 27.8 Å². The van der Waals surface area contributed by atoms with E-state index in [1.807, 2.05) is 0 Å². The summed E-state index contributed by atoms with van der Waals surface area (Å²) < 4.78 is 42.9. The summed E-state index contributed by atoms with van der Waals surface area (Å²) in [7, 11) is 0. The molecule has 3 nitrogen and oxygen atoms in total. The predicted molar refractivity (Wildman–Crippen MR) is 60.5 cm³/mol. The van der Waals surface area contributed by atoms with Gasteiger partial charge in [0.2, 0.25) is 6.10 Å². The molecule has 1 aromatic carbocycles. The monoisotopic (exact) mass is 268 g/mol. The van der Waals surface area contributed by atoms with E-state index in [4.69, 9.17) is 16.3 Å². The van der Waals surface area contributed by atoms with Crippen molar-refractivity contribution in [1.82, 2.24) is 0 Å². The minimum Gasteiger partial charge on any atom is -0.478 e. The van der Waals surface area contributed by atoms with Crippen molar-refractivity contribution in [2.45, 2.75) is 12.3 Å². The Hall–Kier alpha value is -2.42. The highest BCUT2D eigenvalue weighted by molar-refractivity contribution is 5.95. The van der Waals surface area contributed by atoms with Gasteiger partial charge in [-0.3, -0.25) is 0 Å². The molecule has 0 amide bonds. The van der Waals surface area contributed by atoms with Crippen LogP contribution < -0.4 is 4.74 Å². The molecule has 0 unspecified atom stereocenters. The van der Waals surface area contributed by atoms with Gasteiger partial charge in [0.1, 0.15) is 5.75 Å². The Morgan fingerprint density at radius 1 is 1.42 bits per heavy atom. The lowest BCUT2D eigenvalue weighted by Gasteiger charge is -2.27. The molecule has 0 saturated heterocycles. The van der Waals surface area contributed by atoms with Crippen molar-refractivity contribution in [1.29, 1.82) is 0 Å². The van der Waals surface area contributed by atoms with Crippen molar-refractivity contribution in [3.8, 4) is 18.1 Å². The second kappa shape index (κ2) is 4.35. The van der Waals surface area contributed by atoms with Crippen LogP contribution in [0.15, 0.2) is 23.8 Å². The maximum absolute atomic E-state index is 12.7. The predicted octanol–water partition coefficient (Wildman–Crippen LogP) is 2.46. The van der Waals surface area contributed by atoms with Gasteiger partial charge < -0.3 is 9.84 Å². The van der Waals surface area contributed by atoms with E-state index in [1.54, 1.807) is 0 Å². The molecule has 1 aliphatic heterocycles. The van der Waals surface area contributed by atoms with Gasteiger partial charge in [0.05, 0.1) is 5.57 Å². The molecule has 0 radical (unpaired) electrons. The first kappa shape index (κ1) is 13.0. The van der Waals surface area contributed by atoms with Crippen LogP contribution in [0.1, 0.15) is 11.1 Å². The quantitative estimate of drug-likeness (QED) is 0.796. The first-order valence-corrected chi connectivity index (χ1v) is 5.12. The molecule has 0 aliphatic carbocycles. The number of terminal acetylenes is 1. The number of benzene rings is 1. The largest absolute Gasteiger partial charge is 0.478 e. The van der Waals surface area contributed by atoms with Crippen molar-refractivity contribution in [3.05, 3.63) is 34.9 Å².